The van der Waals surface area contributed by atoms with Crippen LogP contribution in [0.4, 0.5) is 34.1 Å². The summed E-state index contributed by atoms with van der Waals surface area (Å²) in [7, 11) is 0. The Bertz CT molecular complexity index is 3970. The summed E-state index contributed by atoms with van der Waals surface area (Å²) in [4.78, 5) is 4.88. The second-order valence-corrected chi connectivity index (χ2v) is 28.0. The van der Waals surface area contributed by atoms with E-state index in [1.54, 1.807) is 0 Å². The van der Waals surface area contributed by atoms with E-state index in [1.807, 2.05) is 0 Å². The second-order valence-electron chi connectivity index (χ2n) is 28.0. The van der Waals surface area contributed by atoms with Gasteiger partial charge in [0.2, 0.25) is 0 Å². The fraction of sp³-hybridized carbons (Fsp3) is 0.267. The number of benzene rings is 11. The molecule has 0 bridgehead atoms. The normalized spacial score (nSPS) is 11.7. The van der Waals surface area contributed by atoms with Crippen LogP contribution in [0.2, 0.25) is 0 Å². The van der Waals surface area contributed by atoms with Crippen molar-refractivity contribution in [3.63, 3.8) is 0 Å². The lowest BCUT2D eigenvalue weighted by atomic mass is 9.84. The molecule has 0 aromatic heterocycles. The number of nitrogens with zero attached hydrogens (tertiary/aromatic N) is 2. The summed E-state index contributed by atoms with van der Waals surface area (Å²) in [6.45, 7) is 27.3. The Kier molecular flexibility index (Phi) is 20.1. The predicted octanol–water partition coefficient (Wildman–Crippen LogP) is 26.7. The van der Waals surface area contributed by atoms with Crippen molar-refractivity contribution in [1.82, 2.24) is 0 Å². The fourth-order valence-electron chi connectivity index (χ4n) is 13.3. The molecule has 0 atom stereocenters. The molecule has 0 saturated heterocycles. The van der Waals surface area contributed by atoms with E-state index in [0.29, 0.717) is 0 Å². The highest BCUT2D eigenvalue weighted by atomic mass is 15.1. The number of hydrogen-bond donors (Lipinski definition) is 0. The lowest BCUT2D eigenvalue weighted by Crippen LogP contribution is -2.11. The molecule has 92 heavy (non-hydrogen) atoms. The molecule has 0 spiro atoms. The molecule has 2 nitrogen and oxygen atoms in total. The van der Waals surface area contributed by atoms with E-state index in [2.05, 4.69) is 336 Å². The Morgan fingerprint density at radius 3 is 0.837 bits per heavy atom. The van der Waals surface area contributed by atoms with Crippen LogP contribution in [0.5, 0.6) is 0 Å². The highest BCUT2D eigenvalue weighted by Gasteiger charge is 2.22. The maximum absolute atomic E-state index is 2.61. The van der Waals surface area contributed by atoms with Crippen molar-refractivity contribution in [2.75, 3.05) is 9.80 Å². The first-order valence-electron chi connectivity index (χ1n) is 34.2. The van der Waals surface area contributed by atoms with Gasteiger partial charge in [-0.25, -0.2) is 0 Å². The average molecular weight is 1210 g/mol. The summed E-state index contributed by atoms with van der Waals surface area (Å²) in [6, 6.07) is 92.1. The molecule has 0 aliphatic rings. The molecule has 0 radical (unpaired) electrons. The highest BCUT2D eigenvalue weighted by Crippen LogP contribution is 2.44. The molecule has 0 saturated carbocycles. The summed E-state index contributed by atoms with van der Waals surface area (Å²) >= 11 is 0. The molecule has 0 unspecified atom stereocenters. The minimum absolute atomic E-state index is 0.104. The molecular weight excluding hydrogens is 1110 g/mol. The van der Waals surface area contributed by atoms with Crippen LogP contribution in [0.1, 0.15) is 151 Å². The SMILES string of the molecule is CCCCCCc1cc(-c2ccc(N(c3ccc(-c4ccc(C(C)(C)C)cc4)cc3)c3ccc(-c4cccc(C)c4)cc3)cc2C)c(CCCCCC)cc1-c1ccc(N(c2ccc(-c3ccc(C(C)(C)C)cc3)cc2)c2ccc(-c3cccc(C)c3)cc2)cc1C. The van der Waals surface area contributed by atoms with Gasteiger partial charge in [0, 0.05) is 34.1 Å². The van der Waals surface area contributed by atoms with Gasteiger partial charge in [-0.3, -0.25) is 0 Å². The third kappa shape index (κ3) is 15.2. The van der Waals surface area contributed by atoms with Crippen molar-refractivity contribution in [2.45, 2.75) is 158 Å². The van der Waals surface area contributed by atoms with Gasteiger partial charge in [0.1, 0.15) is 0 Å². The van der Waals surface area contributed by atoms with E-state index >= 15 is 0 Å². The van der Waals surface area contributed by atoms with Gasteiger partial charge in [0.05, 0.1) is 0 Å². The van der Waals surface area contributed by atoms with Crippen LogP contribution >= 0.6 is 0 Å². The summed E-state index contributed by atoms with van der Waals surface area (Å²) in [6.07, 6.45) is 11.7. The molecule has 11 rings (SSSR count). The Morgan fingerprint density at radius 1 is 0.261 bits per heavy atom. The molecule has 0 fully saturated rings. The lowest BCUT2D eigenvalue weighted by molar-refractivity contribution is 0.590. The van der Waals surface area contributed by atoms with Gasteiger partial charge in [0.25, 0.3) is 0 Å². The third-order valence-corrected chi connectivity index (χ3v) is 18.8. The van der Waals surface area contributed by atoms with Crippen molar-refractivity contribution in [1.29, 1.82) is 0 Å². The Balaban J connectivity index is 0.981. The summed E-state index contributed by atoms with van der Waals surface area (Å²) < 4.78 is 0. The Morgan fingerprint density at radius 2 is 0.554 bits per heavy atom. The van der Waals surface area contributed by atoms with Gasteiger partial charge >= 0.3 is 0 Å². The minimum atomic E-state index is 0.104. The number of hydrogen-bond acceptors (Lipinski definition) is 2. The Hall–Kier alpha value is -8.98. The molecule has 0 heterocycles. The zero-order valence-electron chi connectivity index (χ0n) is 57.1. The molecule has 0 amide bonds. The van der Waals surface area contributed by atoms with Gasteiger partial charge in [-0.15, -0.1) is 0 Å². The van der Waals surface area contributed by atoms with Gasteiger partial charge < -0.3 is 9.80 Å². The topological polar surface area (TPSA) is 6.48 Å². The van der Waals surface area contributed by atoms with Crippen LogP contribution in [0, 0.1) is 27.7 Å². The first-order valence-corrected chi connectivity index (χ1v) is 34.2. The van der Waals surface area contributed by atoms with E-state index in [4.69, 9.17) is 0 Å². The maximum atomic E-state index is 2.61. The zero-order valence-corrected chi connectivity index (χ0v) is 57.1. The van der Waals surface area contributed by atoms with E-state index < -0.39 is 0 Å². The van der Waals surface area contributed by atoms with Gasteiger partial charge in [-0.1, -0.05) is 275 Å². The predicted molar refractivity (Wildman–Crippen MR) is 400 cm³/mol. The second kappa shape index (κ2) is 28.7. The van der Waals surface area contributed by atoms with E-state index in [1.165, 1.54) is 150 Å². The maximum Gasteiger partial charge on any atom is 0.0464 e. The van der Waals surface area contributed by atoms with Crippen LogP contribution in [-0.4, -0.2) is 0 Å². The van der Waals surface area contributed by atoms with Crippen LogP contribution in [-0.2, 0) is 23.7 Å². The van der Waals surface area contributed by atoms with Crippen LogP contribution < -0.4 is 9.80 Å². The van der Waals surface area contributed by atoms with E-state index in [9.17, 15) is 0 Å². The van der Waals surface area contributed by atoms with Crippen LogP contribution in [0.3, 0.4) is 0 Å². The molecule has 0 aliphatic heterocycles. The van der Waals surface area contributed by atoms with Gasteiger partial charge in [-0.05, 0) is 237 Å². The van der Waals surface area contributed by atoms with Crippen molar-refractivity contribution >= 4 is 34.1 Å². The quantitative estimate of drug-likeness (QED) is 0.0624. The molecule has 0 aliphatic carbocycles. The number of anilines is 6. The lowest BCUT2D eigenvalue weighted by Gasteiger charge is -2.28. The number of aryl methyl sites for hydroxylation is 6. The van der Waals surface area contributed by atoms with E-state index in [-0.39, 0.29) is 10.8 Å². The molecular formula is C90H96N2. The molecule has 2 heteroatoms. The van der Waals surface area contributed by atoms with E-state index in [0.717, 1.165) is 59.8 Å². The highest BCUT2D eigenvalue weighted by molar-refractivity contribution is 5.87. The average Bonchev–Trinajstić information content (AvgIpc) is 0.898. The summed E-state index contributed by atoms with van der Waals surface area (Å²) in [5.74, 6) is 0. The number of unbranched alkanes of at least 4 members (excludes halogenated alkanes) is 6. The van der Waals surface area contributed by atoms with Crippen molar-refractivity contribution in [3.05, 3.63) is 287 Å². The molecule has 466 valence electrons. The van der Waals surface area contributed by atoms with Gasteiger partial charge in [-0.2, -0.15) is 0 Å². The van der Waals surface area contributed by atoms with Crippen molar-refractivity contribution in [3.8, 4) is 66.8 Å². The molecule has 0 N–H and O–H groups in total. The minimum Gasteiger partial charge on any atom is -0.310 e. The first-order chi connectivity index (χ1) is 44.4. The monoisotopic (exact) mass is 1200 g/mol. The van der Waals surface area contributed by atoms with Crippen molar-refractivity contribution < 1.29 is 0 Å². The smallest absolute Gasteiger partial charge is 0.0464 e. The standard InChI is InChI=1S/C90H96N2/c1-13-15-17-19-25-75-61-88(86-56-54-84(60-66(86)6)92(82-51-39-72(40-52-82)74-28-22-24-64(4)58-74)80-47-35-70(36-48-80)68-31-43-78(44-32-68)90(10,11)12)76(26-20-18-16-14-2)62-87(75)85-55-53-83(59-65(85)5)91(81-49-37-71(38-50-81)73-27-21-23-63(3)57-73)79-45-33-69(34-46-79)67-29-41-77(42-30-67)89(7,8)9/h21-24,27-62H,13-20,25-26H2,1-12H3. The zero-order chi connectivity index (χ0) is 64.5. The molecule has 11 aromatic rings. The summed E-state index contributed by atoms with van der Waals surface area (Å²) in [5.41, 5.74) is 32.8. The fourth-order valence-corrected chi connectivity index (χ4v) is 13.3. The van der Waals surface area contributed by atoms with Crippen LogP contribution in [0.25, 0.3) is 66.8 Å². The third-order valence-electron chi connectivity index (χ3n) is 18.8. The van der Waals surface area contributed by atoms with Crippen molar-refractivity contribution in [2.24, 2.45) is 0 Å². The summed E-state index contributed by atoms with van der Waals surface area (Å²) in [5, 5.41) is 0. The van der Waals surface area contributed by atoms with Gasteiger partial charge in [0.15, 0.2) is 0 Å². The van der Waals surface area contributed by atoms with Crippen LogP contribution in [0.15, 0.2) is 243 Å². The first kappa shape index (κ1) is 64.5. The largest absolute Gasteiger partial charge is 0.310 e. The Labute approximate surface area is 552 Å². The number of rotatable bonds is 22. The molecule has 11 aromatic carbocycles.